The van der Waals surface area contributed by atoms with Crippen molar-refractivity contribution in [2.45, 2.75) is 59.2 Å². The van der Waals surface area contributed by atoms with Crippen LogP contribution in [0, 0.1) is 5.92 Å². The second kappa shape index (κ2) is 8.18. The Kier molecular flexibility index (Phi) is 6.88. The molecule has 1 amide bonds. The largest absolute Gasteiger partial charge is 0.491 e. The first-order valence-electron chi connectivity index (χ1n) is 7.99. The number of hydrogen-bond acceptors (Lipinski definition) is 3. The van der Waals surface area contributed by atoms with Gasteiger partial charge in [0.1, 0.15) is 5.75 Å². The molecular formula is C18H29NO3. The van der Waals surface area contributed by atoms with E-state index in [-0.39, 0.29) is 30.9 Å². The van der Waals surface area contributed by atoms with E-state index < -0.39 is 5.60 Å². The summed E-state index contributed by atoms with van der Waals surface area (Å²) in [6.07, 6.45) is 1.26. The normalized spacial score (nSPS) is 15.2. The van der Waals surface area contributed by atoms with Gasteiger partial charge in [0.05, 0.1) is 18.1 Å². The topological polar surface area (TPSA) is 58.6 Å². The minimum Gasteiger partial charge on any atom is -0.491 e. The molecule has 0 spiro atoms. The monoisotopic (exact) mass is 307 g/mol. The molecular weight excluding hydrogens is 278 g/mol. The highest BCUT2D eigenvalue weighted by Crippen LogP contribution is 2.19. The Labute approximate surface area is 133 Å². The van der Waals surface area contributed by atoms with Gasteiger partial charge in [-0.3, -0.25) is 4.79 Å². The van der Waals surface area contributed by atoms with Crippen LogP contribution in [0.2, 0.25) is 0 Å². The third kappa shape index (κ3) is 6.06. The van der Waals surface area contributed by atoms with E-state index in [2.05, 4.69) is 5.32 Å². The van der Waals surface area contributed by atoms with Crippen LogP contribution in [0.5, 0.6) is 5.75 Å². The predicted octanol–water partition coefficient (Wildman–Crippen LogP) is 2.93. The van der Waals surface area contributed by atoms with Gasteiger partial charge in [0.2, 0.25) is 5.91 Å². The van der Waals surface area contributed by atoms with Crippen molar-refractivity contribution >= 4 is 5.91 Å². The summed E-state index contributed by atoms with van der Waals surface area (Å²) < 4.78 is 5.62. The summed E-state index contributed by atoms with van der Waals surface area (Å²) in [5, 5.41) is 13.1. The lowest BCUT2D eigenvalue weighted by atomic mass is 9.88. The zero-order valence-corrected chi connectivity index (χ0v) is 14.3. The van der Waals surface area contributed by atoms with Crippen LogP contribution < -0.4 is 10.1 Å². The second-order valence-corrected chi connectivity index (χ2v) is 6.43. The standard InChI is InChI=1S/C18H29NO3/c1-6-14(4)18(5,21)12-19-17(20)11-15-8-7-9-16(10-15)22-13(2)3/h7-10,13-14,21H,6,11-12H2,1-5H3,(H,19,20). The highest BCUT2D eigenvalue weighted by atomic mass is 16.5. The molecule has 0 saturated heterocycles. The molecule has 0 aromatic heterocycles. The molecule has 4 heteroatoms. The predicted molar refractivity (Wildman–Crippen MR) is 89.0 cm³/mol. The quantitative estimate of drug-likeness (QED) is 0.776. The number of carbonyl (C=O) groups excluding carboxylic acids is 1. The van der Waals surface area contributed by atoms with Gasteiger partial charge < -0.3 is 15.2 Å². The molecule has 0 saturated carbocycles. The number of ether oxygens (including phenoxy) is 1. The van der Waals surface area contributed by atoms with E-state index in [1.165, 1.54) is 0 Å². The van der Waals surface area contributed by atoms with Gasteiger partial charge >= 0.3 is 0 Å². The zero-order valence-electron chi connectivity index (χ0n) is 14.3. The number of carbonyl (C=O) groups is 1. The summed E-state index contributed by atoms with van der Waals surface area (Å²) in [4.78, 5) is 12.0. The maximum absolute atomic E-state index is 12.0. The van der Waals surface area contributed by atoms with Crippen LogP contribution in [0.25, 0.3) is 0 Å². The summed E-state index contributed by atoms with van der Waals surface area (Å²) in [6.45, 7) is 9.98. The summed E-state index contributed by atoms with van der Waals surface area (Å²) in [7, 11) is 0. The van der Waals surface area contributed by atoms with Gasteiger partial charge in [-0.05, 0) is 44.4 Å². The number of nitrogens with one attached hydrogen (secondary N) is 1. The Hall–Kier alpha value is -1.55. The van der Waals surface area contributed by atoms with E-state index in [1.807, 2.05) is 52.0 Å². The van der Waals surface area contributed by atoms with Gasteiger partial charge in [0.15, 0.2) is 0 Å². The zero-order chi connectivity index (χ0) is 16.8. The lowest BCUT2D eigenvalue weighted by Gasteiger charge is -2.29. The fourth-order valence-corrected chi connectivity index (χ4v) is 2.14. The van der Waals surface area contributed by atoms with Crippen LogP contribution in [0.4, 0.5) is 0 Å². The van der Waals surface area contributed by atoms with Crippen molar-refractivity contribution in [1.82, 2.24) is 5.32 Å². The van der Waals surface area contributed by atoms with Crippen LogP contribution in [-0.4, -0.2) is 29.3 Å². The maximum atomic E-state index is 12.0. The number of rotatable bonds is 8. The minimum absolute atomic E-state index is 0.0923. The molecule has 0 fully saturated rings. The third-order valence-electron chi connectivity index (χ3n) is 3.95. The molecule has 1 rings (SSSR count). The molecule has 2 unspecified atom stereocenters. The van der Waals surface area contributed by atoms with Crippen molar-refractivity contribution in [3.63, 3.8) is 0 Å². The molecule has 1 aromatic carbocycles. The molecule has 0 bridgehead atoms. The molecule has 0 aliphatic carbocycles. The van der Waals surface area contributed by atoms with E-state index >= 15 is 0 Å². The minimum atomic E-state index is -0.882. The second-order valence-electron chi connectivity index (χ2n) is 6.43. The lowest BCUT2D eigenvalue weighted by Crippen LogP contribution is -2.45. The molecule has 0 aliphatic rings. The van der Waals surface area contributed by atoms with Gasteiger partial charge in [-0.25, -0.2) is 0 Å². The highest BCUT2D eigenvalue weighted by Gasteiger charge is 2.27. The Bertz CT molecular complexity index is 483. The highest BCUT2D eigenvalue weighted by molar-refractivity contribution is 5.78. The summed E-state index contributed by atoms with van der Waals surface area (Å²) >= 11 is 0. The molecule has 2 atom stereocenters. The molecule has 124 valence electrons. The molecule has 2 N–H and O–H groups in total. The summed E-state index contributed by atoms with van der Waals surface area (Å²) in [6, 6.07) is 7.55. The first-order chi connectivity index (χ1) is 10.2. The van der Waals surface area contributed by atoms with Crippen LogP contribution in [-0.2, 0) is 11.2 Å². The van der Waals surface area contributed by atoms with Crippen molar-refractivity contribution in [1.29, 1.82) is 0 Å². The Morgan fingerprint density at radius 1 is 1.36 bits per heavy atom. The number of benzene rings is 1. The average Bonchev–Trinajstić information content (AvgIpc) is 2.44. The van der Waals surface area contributed by atoms with Crippen molar-refractivity contribution in [2.75, 3.05) is 6.54 Å². The number of hydrogen-bond donors (Lipinski definition) is 2. The SMILES string of the molecule is CCC(C)C(C)(O)CNC(=O)Cc1cccc(OC(C)C)c1. The van der Waals surface area contributed by atoms with Crippen LogP contribution in [0.15, 0.2) is 24.3 Å². The van der Waals surface area contributed by atoms with Crippen molar-refractivity contribution < 1.29 is 14.6 Å². The summed E-state index contributed by atoms with van der Waals surface area (Å²) in [5.41, 5.74) is 0.0198. The summed E-state index contributed by atoms with van der Waals surface area (Å²) in [5.74, 6) is 0.813. The van der Waals surface area contributed by atoms with Crippen LogP contribution >= 0.6 is 0 Å². The fourth-order valence-electron chi connectivity index (χ4n) is 2.14. The van der Waals surface area contributed by atoms with E-state index in [0.717, 1.165) is 17.7 Å². The van der Waals surface area contributed by atoms with E-state index in [9.17, 15) is 9.90 Å². The fraction of sp³-hybridized carbons (Fsp3) is 0.611. The first-order valence-corrected chi connectivity index (χ1v) is 7.99. The molecule has 0 heterocycles. The molecule has 1 aromatic rings. The van der Waals surface area contributed by atoms with Gasteiger partial charge in [-0.2, -0.15) is 0 Å². The van der Waals surface area contributed by atoms with Gasteiger partial charge in [0.25, 0.3) is 0 Å². The lowest BCUT2D eigenvalue weighted by molar-refractivity contribution is -0.122. The molecule has 0 radical (unpaired) electrons. The van der Waals surface area contributed by atoms with Crippen molar-refractivity contribution in [3.8, 4) is 5.75 Å². The molecule has 0 aliphatic heterocycles. The molecule has 22 heavy (non-hydrogen) atoms. The number of amides is 1. The van der Waals surface area contributed by atoms with Gasteiger partial charge in [-0.15, -0.1) is 0 Å². The van der Waals surface area contributed by atoms with E-state index in [1.54, 1.807) is 6.92 Å². The Morgan fingerprint density at radius 2 is 2.05 bits per heavy atom. The smallest absolute Gasteiger partial charge is 0.224 e. The Morgan fingerprint density at radius 3 is 2.64 bits per heavy atom. The average molecular weight is 307 g/mol. The maximum Gasteiger partial charge on any atom is 0.224 e. The number of aliphatic hydroxyl groups is 1. The third-order valence-corrected chi connectivity index (χ3v) is 3.95. The van der Waals surface area contributed by atoms with Crippen LogP contribution in [0.3, 0.4) is 0 Å². The van der Waals surface area contributed by atoms with Crippen LogP contribution in [0.1, 0.15) is 46.6 Å². The Balaban J connectivity index is 2.55. The molecule has 4 nitrogen and oxygen atoms in total. The van der Waals surface area contributed by atoms with E-state index in [4.69, 9.17) is 4.74 Å². The van der Waals surface area contributed by atoms with Crippen molar-refractivity contribution in [3.05, 3.63) is 29.8 Å². The van der Waals surface area contributed by atoms with Gasteiger partial charge in [0, 0.05) is 6.54 Å². The first kappa shape index (κ1) is 18.5. The van der Waals surface area contributed by atoms with Gasteiger partial charge in [-0.1, -0.05) is 32.4 Å². The van der Waals surface area contributed by atoms with E-state index in [0.29, 0.717) is 0 Å². The van der Waals surface area contributed by atoms with Crippen molar-refractivity contribution in [2.24, 2.45) is 5.92 Å².